The SMILES string of the molecule is CCC(C)(O)CC.CCC(O)(CC)CSCC1=CCC2/C(=C/C=C3/CCC[C@H](O)C3)CCCC12C.OCCO. The summed E-state index contributed by atoms with van der Waals surface area (Å²) < 4.78 is 0. The minimum absolute atomic E-state index is 0.125. The van der Waals surface area contributed by atoms with Crippen molar-refractivity contribution in [2.24, 2.45) is 11.3 Å². The number of aliphatic hydroxyl groups is 5. The second-order valence-electron chi connectivity index (χ2n) is 12.2. The van der Waals surface area contributed by atoms with E-state index in [4.69, 9.17) is 15.3 Å². The highest BCUT2D eigenvalue weighted by molar-refractivity contribution is 7.99. The molecule has 39 heavy (non-hydrogen) atoms. The molecular weight excluding hydrogens is 508 g/mol. The average molecular weight is 569 g/mol. The highest BCUT2D eigenvalue weighted by Gasteiger charge is 2.44. The summed E-state index contributed by atoms with van der Waals surface area (Å²) in [6, 6.07) is 0. The Hall–Kier alpha value is -0.630. The van der Waals surface area contributed by atoms with E-state index < -0.39 is 11.2 Å². The second kappa shape index (κ2) is 18.0. The van der Waals surface area contributed by atoms with Crippen molar-refractivity contribution in [1.82, 2.24) is 0 Å². The highest BCUT2D eigenvalue weighted by Crippen LogP contribution is 2.55. The standard InChI is InChI=1S/C25H40O2S.C6H14O.C2H6O2/c1-4-25(27,5-2)18-28-17-21-13-14-23-20(9-7-15-24(21,23)3)12-11-19-8-6-10-22(26)16-19;1-4-6(3,7)5-2;3-1-2-4/h11-13,22-23,26-27H,4-10,14-18H2,1-3H3;7H,4-5H2,1-3H3;3-4H,1-2H2/b19-11-,20-12+;;/t22-,23?,24?;;/m0../s1. The first-order valence-electron chi connectivity index (χ1n) is 15.4. The molecule has 6 heteroatoms. The molecule has 3 rings (SSSR count). The lowest BCUT2D eigenvalue weighted by Gasteiger charge is -2.41. The van der Waals surface area contributed by atoms with E-state index in [2.05, 4.69) is 39.0 Å². The van der Waals surface area contributed by atoms with Gasteiger partial charge in [-0.25, -0.2) is 0 Å². The second-order valence-corrected chi connectivity index (χ2v) is 13.2. The van der Waals surface area contributed by atoms with Crippen LogP contribution in [-0.2, 0) is 0 Å². The predicted molar refractivity (Wildman–Crippen MR) is 167 cm³/mol. The van der Waals surface area contributed by atoms with Crippen LogP contribution in [0.15, 0.2) is 34.9 Å². The zero-order chi connectivity index (χ0) is 29.5. The monoisotopic (exact) mass is 568 g/mol. The van der Waals surface area contributed by atoms with Gasteiger partial charge in [-0.2, -0.15) is 11.8 Å². The number of rotatable bonds is 10. The van der Waals surface area contributed by atoms with Crippen molar-refractivity contribution in [2.75, 3.05) is 24.7 Å². The maximum absolute atomic E-state index is 10.6. The maximum atomic E-state index is 10.6. The first kappa shape index (κ1) is 36.4. The molecule has 5 nitrogen and oxygen atoms in total. The molecule has 0 radical (unpaired) electrons. The molecule has 3 aliphatic rings. The van der Waals surface area contributed by atoms with Crippen LogP contribution in [0.25, 0.3) is 0 Å². The summed E-state index contributed by atoms with van der Waals surface area (Å²) in [5.41, 5.74) is 4.05. The van der Waals surface area contributed by atoms with E-state index >= 15 is 0 Å². The minimum atomic E-state index is -0.501. The van der Waals surface area contributed by atoms with Gasteiger partial charge in [-0.15, -0.1) is 0 Å². The molecule has 3 atom stereocenters. The lowest BCUT2D eigenvalue weighted by Crippen LogP contribution is -2.32. The van der Waals surface area contributed by atoms with Crippen LogP contribution in [0.3, 0.4) is 0 Å². The smallest absolute Gasteiger partial charge is 0.0732 e. The molecule has 0 amide bonds. The zero-order valence-electron chi connectivity index (χ0n) is 25.8. The first-order chi connectivity index (χ1) is 18.4. The van der Waals surface area contributed by atoms with Gasteiger partial charge >= 0.3 is 0 Å². The number of thioether (sulfide) groups is 1. The Balaban J connectivity index is 0.000000585. The fourth-order valence-electron chi connectivity index (χ4n) is 5.63. The van der Waals surface area contributed by atoms with Gasteiger partial charge in [0.15, 0.2) is 0 Å². The van der Waals surface area contributed by atoms with Crippen LogP contribution >= 0.6 is 11.8 Å². The van der Waals surface area contributed by atoms with Crippen molar-refractivity contribution in [1.29, 1.82) is 0 Å². The molecule has 0 aliphatic heterocycles. The Morgan fingerprint density at radius 2 is 1.62 bits per heavy atom. The summed E-state index contributed by atoms with van der Waals surface area (Å²) >= 11 is 1.92. The normalized spacial score (nSPS) is 27.3. The Morgan fingerprint density at radius 3 is 2.13 bits per heavy atom. The first-order valence-corrected chi connectivity index (χ1v) is 16.6. The van der Waals surface area contributed by atoms with Gasteiger partial charge in [0, 0.05) is 11.5 Å². The topological polar surface area (TPSA) is 101 Å². The summed E-state index contributed by atoms with van der Waals surface area (Å²) in [6.45, 7) is 12.2. The quantitative estimate of drug-likeness (QED) is 0.188. The molecule has 228 valence electrons. The third-order valence-corrected chi connectivity index (χ3v) is 10.6. The Bertz CT molecular complexity index is 775. The number of hydrogen-bond donors (Lipinski definition) is 5. The van der Waals surface area contributed by atoms with E-state index in [9.17, 15) is 10.2 Å². The number of fused-ring (bicyclic) bond motifs is 1. The molecular formula is C33H60O5S. The molecule has 0 heterocycles. The lowest BCUT2D eigenvalue weighted by atomic mass is 9.64. The molecule has 0 bridgehead atoms. The van der Waals surface area contributed by atoms with Gasteiger partial charge in [0.05, 0.1) is 30.5 Å². The van der Waals surface area contributed by atoms with Gasteiger partial charge in [0.1, 0.15) is 0 Å². The number of hydrogen-bond acceptors (Lipinski definition) is 6. The molecule has 0 aromatic rings. The van der Waals surface area contributed by atoms with Crippen molar-refractivity contribution >= 4 is 11.8 Å². The van der Waals surface area contributed by atoms with E-state index in [1.807, 2.05) is 32.5 Å². The third-order valence-electron chi connectivity index (χ3n) is 9.35. The highest BCUT2D eigenvalue weighted by atomic mass is 32.2. The summed E-state index contributed by atoms with van der Waals surface area (Å²) in [5.74, 6) is 2.56. The van der Waals surface area contributed by atoms with Crippen LogP contribution in [0.2, 0.25) is 0 Å². The van der Waals surface area contributed by atoms with Gasteiger partial charge in [-0.3, -0.25) is 0 Å². The van der Waals surface area contributed by atoms with Crippen molar-refractivity contribution in [2.45, 2.75) is 136 Å². The summed E-state index contributed by atoms with van der Waals surface area (Å²) in [4.78, 5) is 0. The average Bonchev–Trinajstić information content (AvgIpc) is 3.28. The van der Waals surface area contributed by atoms with Crippen molar-refractivity contribution in [3.63, 3.8) is 0 Å². The van der Waals surface area contributed by atoms with Crippen LogP contribution in [0, 0.1) is 11.3 Å². The number of allylic oxidation sites excluding steroid dienone is 4. The summed E-state index contributed by atoms with van der Waals surface area (Å²) in [5, 5.41) is 44.9. The van der Waals surface area contributed by atoms with Crippen LogP contribution < -0.4 is 0 Å². The lowest BCUT2D eigenvalue weighted by molar-refractivity contribution is 0.0521. The number of aliphatic hydroxyl groups excluding tert-OH is 3. The van der Waals surface area contributed by atoms with E-state index in [1.54, 1.807) is 11.1 Å². The molecule has 0 spiro atoms. The Morgan fingerprint density at radius 1 is 0.974 bits per heavy atom. The van der Waals surface area contributed by atoms with Gasteiger partial charge < -0.3 is 25.5 Å². The molecule has 5 N–H and O–H groups in total. The summed E-state index contributed by atoms with van der Waals surface area (Å²) in [7, 11) is 0. The van der Waals surface area contributed by atoms with Gasteiger partial charge in [-0.1, -0.05) is 69.6 Å². The van der Waals surface area contributed by atoms with Crippen LogP contribution in [-0.4, -0.2) is 67.6 Å². The molecule has 2 saturated carbocycles. The Labute approximate surface area is 243 Å². The van der Waals surface area contributed by atoms with Crippen LogP contribution in [0.4, 0.5) is 0 Å². The molecule has 3 aliphatic carbocycles. The van der Waals surface area contributed by atoms with Gasteiger partial charge in [0.2, 0.25) is 0 Å². The van der Waals surface area contributed by atoms with Gasteiger partial charge in [0.25, 0.3) is 0 Å². The maximum Gasteiger partial charge on any atom is 0.0732 e. The zero-order valence-corrected chi connectivity index (χ0v) is 26.7. The summed E-state index contributed by atoms with van der Waals surface area (Å²) in [6.07, 6.45) is 19.6. The fraction of sp³-hybridized carbons (Fsp3) is 0.818. The van der Waals surface area contributed by atoms with Crippen LogP contribution in [0.1, 0.15) is 119 Å². The molecule has 0 aromatic carbocycles. The molecule has 0 aromatic heterocycles. The van der Waals surface area contributed by atoms with E-state index in [0.717, 1.165) is 62.9 Å². The predicted octanol–water partition coefficient (Wildman–Crippen LogP) is 6.72. The minimum Gasteiger partial charge on any atom is -0.394 e. The van der Waals surface area contributed by atoms with E-state index in [1.165, 1.54) is 31.3 Å². The fourth-order valence-corrected chi connectivity index (χ4v) is 7.19. The third kappa shape index (κ3) is 12.0. The molecule has 2 unspecified atom stereocenters. The van der Waals surface area contributed by atoms with Crippen LogP contribution in [0.5, 0.6) is 0 Å². The van der Waals surface area contributed by atoms with Crippen molar-refractivity contribution < 1.29 is 25.5 Å². The largest absolute Gasteiger partial charge is 0.394 e. The molecule has 0 saturated heterocycles. The Kier molecular flexibility index (Phi) is 16.8. The van der Waals surface area contributed by atoms with Gasteiger partial charge in [-0.05, 0) is 95.3 Å². The molecule has 2 fully saturated rings. The van der Waals surface area contributed by atoms with Crippen molar-refractivity contribution in [3.8, 4) is 0 Å². The van der Waals surface area contributed by atoms with Crippen molar-refractivity contribution in [3.05, 3.63) is 34.9 Å². The van der Waals surface area contributed by atoms with E-state index in [-0.39, 0.29) is 19.3 Å². The van der Waals surface area contributed by atoms with E-state index in [0.29, 0.717) is 11.3 Å².